The molecule has 5 heteroatoms. The SMILES string of the molecule is CC(C)(C)OC(=O)N1CCC2(CC1)CC(O)c1ccc(F)cc12. The molecule has 1 spiro atoms. The minimum absolute atomic E-state index is 0.227. The van der Waals surface area contributed by atoms with Crippen molar-refractivity contribution in [2.24, 2.45) is 0 Å². The van der Waals surface area contributed by atoms with Crippen LogP contribution in [-0.2, 0) is 10.2 Å². The summed E-state index contributed by atoms with van der Waals surface area (Å²) in [6.07, 6.45) is 1.21. The highest BCUT2D eigenvalue weighted by Gasteiger charge is 2.46. The predicted molar refractivity (Wildman–Crippen MR) is 84.7 cm³/mol. The number of nitrogens with zero attached hydrogens (tertiary/aromatic N) is 1. The Morgan fingerprint density at radius 1 is 1.35 bits per heavy atom. The third-order valence-electron chi connectivity index (χ3n) is 4.90. The zero-order valence-corrected chi connectivity index (χ0v) is 13.9. The molecule has 0 bridgehead atoms. The molecule has 1 aliphatic carbocycles. The fraction of sp³-hybridized carbons (Fsp3) is 0.611. The quantitative estimate of drug-likeness (QED) is 0.795. The number of aliphatic hydroxyl groups excluding tert-OH is 1. The Kier molecular flexibility index (Phi) is 3.87. The van der Waals surface area contributed by atoms with E-state index in [0.29, 0.717) is 19.5 Å². The molecule has 1 aromatic carbocycles. The van der Waals surface area contributed by atoms with Crippen LogP contribution in [0.3, 0.4) is 0 Å². The van der Waals surface area contributed by atoms with Crippen LogP contribution in [0.25, 0.3) is 0 Å². The Morgan fingerprint density at radius 3 is 2.61 bits per heavy atom. The first-order valence-corrected chi connectivity index (χ1v) is 8.16. The maximum atomic E-state index is 13.7. The maximum absolute atomic E-state index is 13.7. The van der Waals surface area contributed by atoms with Crippen molar-refractivity contribution in [2.75, 3.05) is 13.1 Å². The molecule has 1 atom stereocenters. The number of aliphatic hydroxyl groups is 1. The van der Waals surface area contributed by atoms with Crippen LogP contribution < -0.4 is 0 Å². The van der Waals surface area contributed by atoms with Gasteiger partial charge in [0.1, 0.15) is 11.4 Å². The summed E-state index contributed by atoms with van der Waals surface area (Å²) in [5, 5.41) is 10.3. The Labute approximate surface area is 136 Å². The average Bonchev–Trinajstić information content (AvgIpc) is 2.70. The van der Waals surface area contributed by atoms with E-state index in [9.17, 15) is 14.3 Å². The van der Waals surface area contributed by atoms with E-state index in [4.69, 9.17) is 4.74 Å². The zero-order chi connectivity index (χ0) is 16.8. The highest BCUT2D eigenvalue weighted by molar-refractivity contribution is 5.68. The number of carbonyl (C=O) groups is 1. The number of carbonyl (C=O) groups excluding carboxylic acids is 1. The summed E-state index contributed by atoms with van der Waals surface area (Å²) < 4.78 is 19.1. The second-order valence-corrected chi connectivity index (χ2v) is 7.70. The highest BCUT2D eigenvalue weighted by atomic mass is 19.1. The number of likely N-dealkylation sites (tertiary alicyclic amines) is 1. The van der Waals surface area contributed by atoms with Gasteiger partial charge < -0.3 is 14.7 Å². The molecule has 2 aliphatic rings. The van der Waals surface area contributed by atoms with Gasteiger partial charge in [0.05, 0.1) is 6.10 Å². The summed E-state index contributed by atoms with van der Waals surface area (Å²) >= 11 is 0. The van der Waals surface area contributed by atoms with Crippen LogP contribution in [0.2, 0.25) is 0 Å². The lowest BCUT2D eigenvalue weighted by molar-refractivity contribution is 0.0147. The minimum Gasteiger partial charge on any atom is -0.444 e. The molecule has 1 heterocycles. The van der Waals surface area contributed by atoms with E-state index < -0.39 is 11.7 Å². The molecular formula is C18H24FNO3. The van der Waals surface area contributed by atoms with Gasteiger partial charge in [0.15, 0.2) is 0 Å². The van der Waals surface area contributed by atoms with E-state index in [0.717, 1.165) is 24.0 Å². The van der Waals surface area contributed by atoms with Gasteiger partial charge in [0, 0.05) is 18.5 Å². The van der Waals surface area contributed by atoms with Gasteiger partial charge in [-0.1, -0.05) is 6.07 Å². The maximum Gasteiger partial charge on any atom is 0.410 e. The Bertz CT molecular complexity index is 615. The van der Waals surface area contributed by atoms with Gasteiger partial charge in [-0.25, -0.2) is 9.18 Å². The van der Waals surface area contributed by atoms with Crippen molar-refractivity contribution in [1.82, 2.24) is 4.90 Å². The number of hydrogen-bond acceptors (Lipinski definition) is 3. The average molecular weight is 321 g/mol. The summed E-state index contributed by atoms with van der Waals surface area (Å²) in [6, 6.07) is 4.63. The van der Waals surface area contributed by atoms with E-state index in [1.165, 1.54) is 6.07 Å². The monoisotopic (exact) mass is 321 g/mol. The second-order valence-electron chi connectivity index (χ2n) is 7.70. The highest BCUT2D eigenvalue weighted by Crippen LogP contribution is 2.50. The van der Waals surface area contributed by atoms with Crippen LogP contribution in [0.15, 0.2) is 18.2 Å². The molecule has 1 saturated heterocycles. The molecule has 1 N–H and O–H groups in total. The molecular weight excluding hydrogens is 297 g/mol. The fourth-order valence-corrected chi connectivity index (χ4v) is 3.79. The lowest BCUT2D eigenvalue weighted by Gasteiger charge is -2.40. The molecule has 1 aliphatic heterocycles. The Morgan fingerprint density at radius 2 is 2.00 bits per heavy atom. The lowest BCUT2D eigenvalue weighted by atomic mass is 9.74. The summed E-state index contributed by atoms with van der Waals surface area (Å²) in [6.45, 7) is 6.68. The molecule has 4 nitrogen and oxygen atoms in total. The third kappa shape index (κ3) is 3.07. The lowest BCUT2D eigenvalue weighted by Crippen LogP contribution is -2.46. The molecule has 1 unspecified atom stereocenters. The van der Waals surface area contributed by atoms with Gasteiger partial charge >= 0.3 is 6.09 Å². The van der Waals surface area contributed by atoms with Crippen molar-refractivity contribution in [2.45, 2.75) is 57.2 Å². The summed E-state index contributed by atoms with van der Waals surface area (Å²) in [5.41, 5.74) is 1.01. The van der Waals surface area contributed by atoms with Gasteiger partial charge in [-0.15, -0.1) is 0 Å². The van der Waals surface area contributed by atoms with Crippen molar-refractivity contribution in [1.29, 1.82) is 0 Å². The van der Waals surface area contributed by atoms with E-state index in [1.54, 1.807) is 17.0 Å². The largest absolute Gasteiger partial charge is 0.444 e. The smallest absolute Gasteiger partial charge is 0.410 e. The van der Waals surface area contributed by atoms with Gasteiger partial charge in [-0.2, -0.15) is 0 Å². The first kappa shape index (κ1) is 16.2. The number of piperidine rings is 1. The number of fused-ring (bicyclic) bond motifs is 2. The van der Waals surface area contributed by atoms with Crippen molar-refractivity contribution < 1.29 is 19.0 Å². The van der Waals surface area contributed by atoms with Gasteiger partial charge in [-0.3, -0.25) is 0 Å². The van der Waals surface area contributed by atoms with Gasteiger partial charge in [0.25, 0.3) is 0 Å². The number of benzene rings is 1. The standard InChI is InChI=1S/C18H24FNO3/c1-17(2,3)23-16(22)20-8-6-18(7-9-20)11-15(21)13-5-4-12(19)10-14(13)18/h4-5,10,15,21H,6-9,11H2,1-3H3. The normalized spacial score (nSPS) is 23.0. The van der Waals surface area contributed by atoms with Crippen molar-refractivity contribution in [3.63, 3.8) is 0 Å². The fourth-order valence-electron chi connectivity index (χ4n) is 3.79. The third-order valence-corrected chi connectivity index (χ3v) is 4.90. The number of amides is 1. The van der Waals surface area contributed by atoms with Crippen LogP contribution >= 0.6 is 0 Å². The van der Waals surface area contributed by atoms with Gasteiger partial charge in [0.2, 0.25) is 0 Å². The summed E-state index contributed by atoms with van der Waals surface area (Å²) in [7, 11) is 0. The molecule has 0 radical (unpaired) electrons. The van der Waals surface area contributed by atoms with E-state index >= 15 is 0 Å². The minimum atomic E-state index is -0.543. The van der Waals surface area contributed by atoms with Crippen molar-refractivity contribution in [3.8, 4) is 0 Å². The molecule has 1 fully saturated rings. The molecule has 1 amide bonds. The van der Waals surface area contributed by atoms with Crippen LogP contribution in [0.4, 0.5) is 9.18 Å². The number of halogens is 1. The van der Waals surface area contributed by atoms with E-state index in [1.807, 2.05) is 20.8 Å². The summed E-state index contributed by atoms with van der Waals surface area (Å²) in [4.78, 5) is 13.9. The van der Waals surface area contributed by atoms with Crippen molar-refractivity contribution in [3.05, 3.63) is 35.1 Å². The molecule has 0 aromatic heterocycles. The number of ether oxygens (including phenoxy) is 1. The Hall–Kier alpha value is -1.62. The van der Waals surface area contributed by atoms with E-state index in [-0.39, 0.29) is 17.3 Å². The van der Waals surface area contributed by atoms with Gasteiger partial charge in [-0.05, 0) is 63.3 Å². The molecule has 1 aromatic rings. The van der Waals surface area contributed by atoms with Crippen LogP contribution in [0.1, 0.15) is 57.3 Å². The first-order chi connectivity index (χ1) is 10.7. The first-order valence-electron chi connectivity index (χ1n) is 8.16. The van der Waals surface area contributed by atoms with Crippen molar-refractivity contribution >= 4 is 6.09 Å². The Balaban J connectivity index is 1.75. The summed E-state index contributed by atoms with van der Waals surface area (Å²) in [5.74, 6) is -0.271. The predicted octanol–water partition coefficient (Wildman–Crippen LogP) is 3.53. The topological polar surface area (TPSA) is 49.8 Å². The van der Waals surface area contributed by atoms with Crippen LogP contribution in [0.5, 0.6) is 0 Å². The van der Waals surface area contributed by atoms with E-state index in [2.05, 4.69) is 0 Å². The van der Waals surface area contributed by atoms with Crippen LogP contribution in [-0.4, -0.2) is 34.8 Å². The van der Waals surface area contributed by atoms with Crippen LogP contribution in [0, 0.1) is 5.82 Å². The number of hydrogen-bond donors (Lipinski definition) is 1. The molecule has 0 saturated carbocycles. The molecule has 23 heavy (non-hydrogen) atoms. The molecule has 3 rings (SSSR count). The molecule has 126 valence electrons. The number of rotatable bonds is 0. The second kappa shape index (κ2) is 5.48. The zero-order valence-electron chi connectivity index (χ0n) is 13.9.